The van der Waals surface area contributed by atoms with Crippen LogP contribution in [0.3, 0.4) is 0 Å². The molecule has 0 aliphatic carbocycles. The van der Waals surface area contributed by atoms with Crippen molar-refractivity contribution >= 4 is 40.7 Å². The molecule has 0 spiro atoms. The third-order valence-corrected chi connectivity index (χ3v) is 3.65. The third kappa shape index (κ3) is 5.58. The number of anilines is 1. The first-order valence-electron chi connectivity index (χ1n) is 7.01. The summed E-state index contributed by atoms with van der Waals surface area (Å²) in [5, 5.41) is 6.26. The molecule has 2 aromatic rings. The fraction of sp³-hybridized carbons (Fsp3) is 0.176. The number of halogens is 2. The van der Waals surface area contributed by atoms with Gasteiger partial charge in [-0.3, -0.25) is 9.59 Å². The Kier molecular flexibility index (Phi) is 6.02. The van der Waals surface area contributed by atoms with E-state index in [9.17, 15) is 9.59 Å². The van der Waals surface area contributed by atoms with Gasteiger partial charge in [-0.05, 0) is 42.3 Å². The Balaban J connectivity index is 1.83. The minimum atomic E-state index is -0.338. The summed E-state index contributed by atoms with van der Waals surface area (Å²) in [6.07, 6.45) is 0.166. The van der Waals surface area contributed by atoms with Crippen molar-refractivity contribution in [2.75, 3.05) is 11.9 Å². The molecule has 0 heterocycles. The monoisotopic (exact) mass is 350 g/mol. The largest absolute Gasteiger partial charge is 0.347 e. The number of hydrogen-bond acceptors (Lipinski definition) is 2. The molecule has 4 nitrogen and oxygen atoms in total. The maximum absolute atomic E-state index is 11.9. The molecule has 23 heavy (non-hydrogen) atoms. The number of amides is 2. The van der Waals surface area contributed by atoms with Crippen LogP contribution in [0.4, 0.5) is 5.69 Å². The second-order valence-electron chi connectivity index (χ2n) is 5.11. The van der Waals surface area contributed by atoms with Crippen molar-refractivity contribution in [2.24, 2.45) is 0 Å². The Morgan fingerprint density at radius 3 is 2.52 bits per heavy atom. The first kappa shape index (κ1) is 17.3. The van der Waals surface area contributed by atoms with E-state index in [0.29, 0.717) is 15.7 Å². The van der Waals surface area contributed by atoms with Gasteiger partial charge in [-0.2, -0.15) is 0 Å². The molecule has 2 N–H and O–H groups in total. The Morgan fingerprint density at radius 1 is 1.04 bits per heavy atom. The topological polar surface area (TPSA) is 58.2 Å². The van der Waals surface area contributed by atoms with Gasteiger partial charge in [0.1, 0.15) is 0 Å². The second kappa shape index (κ2) is 7.99. The highest BCUT2D eigenvalue weighted by molar-refractivity contribution is 6.33. The smallest absolute Gasteiger partial charge is 0.243 e. The zero-order chi connectivity index (χ0) is 16.8. The van der Waals surface area contributed by atoms with Gasteiger partial charge in [-0.15, -0.1) is 0 Å². The number of benzene rings is 2. The highest BCUT2D eigenvalue weighted by Crippen LogP contribution is 2.22. The fourth-order valence-electron chi connectivity index (χ4n) is 1.99. The molecule has 0 atom stereocenters. The molecule has 0 aliphatic heterocycles. The quantitative estimate of drug-likeness (QED) is 0.865. The van der Waals surface area contributed by atoms with Gasteiger partial charge in [-0.25, -0.2) is 0 Å². The van der Waals surface area contributed by atoms with Gasteiger partial charge in [0.25, 0.3) is 0 Å². The van der Waals surface area contributed by atoms with Gasteiger partial charge < -0.3 is 10.6 Å². The summed E-state index contributed by atoms with van der Waals surface area (Å²) in [5.41, 5.74) is 2.31. The van der Waals surface area contributed by atoms with Gasteiger partial charge in [0.15, 0.2) is 0 Å². The summed E-state index contributed by atoms with van der Waals surface area (Å²) >= 11 is 11.9. The molecule has 0 bridgehead atoms. The molecule has 0 saturated carbocycles. The fourth-order valence-corrected chi connectivity index (χ4v) is 2.48. The lowest BCUT2D eigenvalue weighted by Crippen LogP contribution is -2.33. The van der Waals surface area contributed by atoms with Crippen molar-refractivity contribution in [1.29, 1.82) is 0 Å². The standard InChI is InChI=1S/C17H16Cl2N2O2/c1-11-5-6-15(14(19)7-11)21-17(23)10-20-16(22)9-12-3-2-4-13(18)8-12/h2-8H,9-10H2,1H3,(H,20,22)(H,21,23). The Labute approximate surface area is 144 Å². The Hall–Kier alpha value is -2.04. The van der Waals surface area contributed by atoms with Gasteiger partial charge >= 0.3 is 0 Å². The van der Waals surface area contributed by atoms with Crippen LogP contribution in [-0.2, 0) is 16.0 Å². The first-order valence-corrected chi connectivity index (χ1v) is 7.77. The molecule has 2 amide bonds. The van der Waals surface area contributed by atoms with Crippen molar-refractivity contribution in [3.63, 3.8) is 0 Å². The van der Waals surface area contributed by atoms with Crippen LogP contribution in [-0.4, -0.2) is 18.4 Å². The van der Waals surface area contributed by atoms with E-state index in [2.05, 4.69) is 10.6 Å². The summed E-state index contributed by atoms with van der Waals surface area (Å²) in [5.74, 6) is -0.590. The maximum atomic E-state index is 11.9. The summed E-state index contributed by atoms with van der Waals surface area (Å²) in [7, 11) is 0. The number of carbonyl (C=O) groups excluding carboxylic acids is 2. The van der Waals surface area contributed by atoms with Gasteiger partial charge in [0.2, 0.25) is 11.8 Å². The number of carbonyl (C=O) groups is 2. The molecule has 6 heteroatoms. The average Bonchev–Trinajstić information content (AvgIpc) is 2.48. The molecule has 2 aromatic carbocycles. The average molecular weight is 351 g/mol. The lowest BCUT2D eigenvalue weighted by atomic mass is 10.1. The van der Waals surface area contributed by atoms with Gasteiger partial charge in [-0.1, -0.05) is 41.4 Å². The van der Waals surface area contributed by atoms with Crippen LogP contribution in [0, 0.1) is 6.92 Å². The minimum absolute atomic E-state index is 0.121. The maximum Gasteiger partial charge on any atom is 0.243 e. The van der Waals surface area contributed by atoms with Crippen LogP contribution in [0.25, 0.3) is 0 Å². The molecular formula is C17H16Cl2N2O2. The molecule has 0 unspecified atom stereocenters. The number of hydrogen-bond donors (Lipinski definition) is 2. The van der Waals surface area contributed by atoms with E-state index in [4.69, 9.17) is 23.2 Å². The summed E-state index contributed by atoms with van der Waals surface area (Å²) < 4.78 is 0. The highest BCUT2D eigenvalue weighted by atomic mass is 35.5. The van der Waals surface area contributed by atoms with Crippen molar-refractivity contribution in [3.8, 4) is 0 Å². The second-order valence-corrected chi connectivity index (χ2v) is 5.96. The zero-order valence-corrected chi connectivity index (χ0v) is 14.0. The molecule has 2 rings (SSSR count). The first-order chi connectivity index (χ1) is 10.9. The van der Waals surface area contributed by atoms with Crippen LogP contribution in [0.15, 0.2) is 42.5 Å². The van der Waals surface area contributed by atoms with E-state index in [1.807, 2.05) is 13.0 Å². The summed E-state index contributed by atoms with van der Waals surface area (Å²) in [6, 6.07) is 12.4. The third-order valence-electron chi connectivity index (χ3n) is 3.10. The molecule has 120 valence electrons. The van der Waals surface area contributed by atoms with E-state index in [1.54, 1.807) is 36.4 Å². The highest BCUT2D eigenvalue weighted by Gasteiger charge is 2.09. The van der Waals surface area contributed by atoms with E-state index >= 15 is 0 Å². The van der Waals surface area contributed by atoms with Gasteiger partial charge in [0.05, 0.1) is 23.7 Å². The van der Waals surface area contributed by atoms with E-state index in [1.165, 1.54) is 0 Å². The minimum Gasteiger partial charge on any atom is -0.347 e. The predicted molar refractivity (Wildman–Crippen MR) is 93.0 cm³/mol. The Morgan fingerprint density at radius 2 is 1.83 bits per heavy atom. The normalized spacial score (nSPS) is 10.2. The molecule has 0 saturated heterocycles. The van der Waals surface area contributed by atoms with Crippen molar-refractivity contribution in [2.45, 2.75) is 13.3 Å². The predicted octanol–water partition coefficient (Wildman–Crippen LogP) is 3.60. The molecule has 0 radical (unpaired) electrons. The van der Waals surface area contributed by atoms with E-state index in [0.717, 1.165) is 11.1 Å². The lowest BCUT2D eigenvalue weighted by molar-refractivity contribution is -0.123. The van der Waals surface area contributed by atoms with Crippen LogP contribution in [0.2, 0.25) is 10.0 Å². The number of nitrogens with one attached hydrogen (secondary N) is 2. The SMILES string of the molecule is Cc1ccc(NC(=O)CNC(=O)Cc2cccc(Cl)c2)c(Cl)c1. The van der Waals surface area contributed by atoms with Crippen LogP contribution in [0.1, 0.15) is 11.1 Å². The van der Waals surface area contributed by atoms with Crippen LogP contribution >= 0.6 is 23.2 Å². The summed E-state index contributed by atoms with van der Waals surface area (Å²) in [4.78, 5) is 23.7. The van der Waals surface area contributed by atoms with Crippen molar-refractivity contribution < 1.29 is 9.59 Å². The zero-order valence-electron chi connectivity index (χ0n) is 12.5. The number of rotatable bonds is 5. The van der Waals surface area contributed by atoms with Crippen molar-refractivity contribution in [1.82, 2.24) is 5.32 Å². The molecule has 0 aliphatic rings. The lowest BCUT2D eigenvalue weighted by Gasteiger charge is -2.09. The van der Waals surface area contributed by atoms with E-state index < -0.39 is 0 Å². The number of aryl methyl sites for hydroxylation is 1. The van der Waals surface area contributed by atoms with Crippen LogP contribution < -0.4 is 10.6 Å². The van der Waals surface area contributed by atoms with Crippen LogP contribution in [0.5, 0.6) is 0 Å². The molecule has 0 fully saturated rings. The molecular weight excluding hydrogens is 335 g/mol. The summed E-state index contributed by atoms with van der Waals surface area (Å²) in [6.45, 7) is 1.79. The van der Waals surface area contributed by atoms with Crippen molar-refractivity contribution in [3.05, 3.63) is 63.6 Å². The molecule has 0 aromatic heterocycles. The Bertz CT molecular complexity index is 732. The van der Waals surface area contributed by atoms with Gasteiger partial charge in [0, 0.05) is 5.02 Å². The van der Waals surface area contributed by atoms with E-state index in [-0.39, 0.29) is 24.8 Å².